The summed E-state index contributed by atoms with van der Waals surface area (Å²) in [6.45, 7) is 0.600. The highest BCUT2D eigenvalue weighted by atomic mass is 19.1. The van der Waals surface area contributed by atoms with Gasteiger partial charge in [-0.2, -0.15) is 0 Å². The maximum atomic E-state index is 13.5. The molecule has 1 aliphatic heterocycles. The Morgan fingerprint density at radius 2 is 2.00 bits per heavy atom. The Labute approximate surface area is 121 Å². The Morgan fingerprint density at radius 1 is 1.19 bits per heavy atom. The molecule has 0 atom stereocenters. The first kappa shape index (κ1) is 13.5. The van der Waals surface area contributed by atoms with Crippen LogP contribution in [0.1, 0.15) is 5.56 Å². The molecule has 0 radical (unpaired) electrons. The zero-order chi connectivity index (χ0) is 14.8. The normalized spacial score (nSPS) is 13.1. The van der Waals surface area contributed by atoms with E-state index in [9.17, 15) is 13.6 Å². The van der Waals surface area contributed by atoms with E-state index in [0.29, 0.717) is 6.54 Å². The SMILES string of the molecule is O=C(CNc1ccc(F)cc1F)N1CCc2ccccc21. The van der Waals surface area contributed by atoms with E-state index >= 15 is 0 Å². The molecule has 108 valence electrons. The third-order valence-corrected chi connectivity index (χ3v) is 3.55. The number of amides is 1. The number of hydrogen-bond donors (Lipinski definition) is 1. The molecule has 2 aromatic carbocycles. The van der Waals surface area contributed by atoms with E-state index in [1.54, 1.807) is 4.90 Å². The minimum Gasteiger partial charge on any atom is -0.374 e. The average Bonchev–Trinajstić information content (AvgIpc) is 2.90. The van der Waals surface area contributed by atoms with E-state index in [1.165, 1.54) is 6.07 Å². The summed E-state index contributed by atoms with van der Waals surface area (Å²) in [5.74, 6) is -1.48. The lowest BCUT2D eigenvalue weighted by Crippen LogP contribution is -2.34. The summed E-state index contributed by atoms with van der Waals surface area (Å²) in [4.78, 5) is 13.9. The van der Waals surface area contributed by atoms with E-state index in [1.807, 2.05) is 24.3 Å². The summed E-state index contributed by atoms with van der Waals surface area (Å²) in [5, 5.41) is 2.71. The van der Waals surface area contributed by atoms with Crippen molar-refractivity contribution < 1.29 is 13.6 Å². The maximum absolute atomic E-state index is 13.5. The standard InChI is InChI=1S/C16H14F2N2O/c17-12-5-6-14(13(18)9-12)19-10-16(21)20-8-7-11-3-1-2-4-15(11)20/h1-6,9,19H,7-8,10H2. The number of carbonyl (C=O) groups excluding carboxylic acids is 1. The van der Waals surface area contributed by atoms with Gasteiger partial charge in [-0.15, -0.1) is 0 Å². The highest BCUT2D eigenvalue weighted by Crippen LogP contribution is 2.27. The Morgan fingerprint density at radius 3 is 2.81 bits per heavy atom. The van der Waals surface area contributed by atoms with Gasteiger partial charge >= 0.3 is 0 Å². The number of benzene rings is 2. The third-order valence-electron chi connectivity index (χ3n) is 3.55. The van der Waals surface area contributed by atoms with Gasteiger partial charge in [0.15, 0.2) is 0 Å². The summed E-state index contributed by atoms with van der Waals surface area (Å²) in [7, 11) is 0. The molecule has 0 unspecified atom stereocenters. The average molecular weight is 288 g/mol. The largest absolute Gasteiger partial charge is 0.374 e. The zero-order valence-electron chi connectivity index (χ0n) is 11.3. The van der Waals surface area contributed by atoms with Crippen LogP contribution in [0.15, 0.2) is 42.5 Å². The summed E-state index contributed by atoms with van der Waals surface area (Å²) in [5.41, 5.74) is 2.17. The zero-order valence-corrected chi connectivity index (χ0v) is 11.3. The molecule has 0 spiro atoms. The van der Waals surface area contributed by atoms with Crippen molar-refractivity contribution in [2.24, 2.45) is 0 Å². The molecule has 21 heavy (non-hydrogen) atoms. The van der Waals surface area contributed by atoms with Crippen LogP contribution in [0.3, 0.4) is 0 Å². The van der Waals surface area contributed by atoms with Gasteiger partial charge in [0.1, 0.15) is 11.6 Å². The fraction of sp³-hybridized carbons (Fsp3) is 0.188. The van der Waals surface area contributed by atoms with Gasteiger partial charge in [0.05, 0.1) is 12.2 Å². The lowest BCUT2D eigenvalue weighted by atomic mass is 10.2. The predicted octanol–water partition coefficient (Wildman–Crippen LogP) is 2.97. The molecule has 1 N–H and O–H groups in total. The van der Waals surface area contributed by atoms with E-state index in [2.05, 4.69) is 5.32 Å². The summed E-state index contributed by atoms with van der Waals surface area (Å²) in [6.07, 6.45) is 0.826. The van der Waals surface area contributed by atoms with Gasteiger partial charge < -0.3 is 10.2 Å². The Hall–Kier alpha value is -2.43. The molecular formula is C16H14F2N2O. The van der Waals surface area contributed by atoms with Crippen LogP contribution in [0.5, 0.6) is 0 Å². The van der Waals surface area contributed by atoms with Gasteiger partial charge in [0.2, 0.25) is 5.91 Å². The fourth-order valence-corrected chi connectivity index (χ4v) is 2.50. The molecule has 2 aromatic rings. The smallest absolute Gasteiger partial charge is 0.246 e. The molecule has 1 aliphatic rings. The number of nitrogens with one attached hydrogen (secondary N) is 1. The van der Waals surface area contributed by atoms with Crippen LogP contribution >= 0.6 is 0 Å². The Balaban J connectivity index is 1.68. The monoisotopic (exact) mass is 288 g/mol. The number of fused-ring (bicyclic) bond motifs is 1. The van der Waals surface area contributed by atoms with Crippen molar-refractivity contribution in [1.29, 1.82) is 0 Å². The van der Waals surface area contributed by atoms with E-state index in [-0.39, 0.29) is 18.1 Å². The van der Waals surface area contributed by atoms with Crippen LogP contribution in [0.2, 0.25) is 0 Å². The summed E-state index contributed by atoms with van der Waals surface area (Å²) in [6, 6.07) is 11.0. The van der Waals surface area contributed by atoms with Crippen LogP contribution in [-0.2, 0) is 11.2 Å². The first-order valence-corrected chi connectivity index (χ1v) is 6.72. The minimum absolute atomic E-state index is 0.0309. The van der Waals surface area contributed by atoms with Crippen LogP contribution in [0.4, 0.5) is 20.2 Å². The van der Waals surface area contributed by atoms with Crippen molar-refractivity contribution in [1.82, 2.24) is 0 Å². The van der Waals surface area contributed by atoms with Crippen LogP contribution in [-0.4, -0.2) is 19.0 Å². The molecule has 3 nitrogen and oxygen atoms in total. The Bertz CT molecular complexity index is 688. The summed E-state index contributed by atoms with van der Waals surface area (Å²) >= 11 is 0. The second-order valence-corrected chi connectivity index (χ2v) is 4.90. The second kappa shape index (κ2) is 5.52. The number of carbonyl (C=O) groups is 1. The number of halogens is 2. The highest BCUT2D eigenvalue weighted by Gasteiger charge is 2.23. The van der Waals surface area contributed by atoms with Crippen molar-refractivity contribution in [3.8, 4) is 0 Å². The van der Waals surface area contributed by atoms with Crippen molar-refractivity contribution >= 4 is 17.3 Å². The molecule has 0 bridgehead atoms. The van der Waals surface area contributed by atoms with Crippen molar-refractivity contribution in [3.05, 3.63) is 59.7 Å². The van der Waals surface area contributed by atoms with Gasteiger partial charge in [-0.05, 0) is 30.2 Å². The molecule has 3 rings (SSSR count). The first-order valence-electron chi connectivity index (χ1n) is 6.72. The fourth-order valence-electron chi connectivity index (χ4n) is 2.50. The third kappa shape index (κ3) is 2.72. The maximum Gasteiger partial charge on any atom is 0.246 e. The number of nitrogens with zero attached hydrogens (tertiary/aromatic N) is 1. The van der Waals surface area contributed by atoms with Crippen molar-refractivity contribution in [2.45, 2.75) is 6.42 Å². The number of anilines is 2. The van der Waals surface area contributed by atoms with E-state index < -0.39 is 11.6 Å². The van der Waals surface area contributed by atoms with E-state index in [0.717, 1.165) is 29.8 Å². The van der Waals surface area contributed by atoms with Crippen LogP contribution in [0, 0.1) is 11.6 Å². The van der Waals surface area contributed by atoms with E-state index in [4.69, 9.17) is 0 Å². The first-order chi connectivity index (χ1) is 10.1. The molecule has 0 saturated carbocycles. The molecule has 1 heterocycles. The van der Waals surface area contributed by atoms with Crippen molar-refractivity contribution in [2.75, 3.05) is 23.3 Å². The Kier molecular flexibility index (Phi) is 3.56. The predicted molar refractivity (Wildman–Crippen MR) is 77.3 cm³/mol. The lowest BCUT2D eigenvalue weighted by Gasteiger charge is -2.18. The molecule has 5 heteroatoms. The van der Waals surface area contributed by atoms with Crippen molar-refractivity contribution in [3.63, 3.8) is 0 Å². The summed E-state index contributed by atoms with van der Waals surface area (Å²) < 4.78 is 26.3. The quantitative estimate of drug-likeness (QED) is 0.941. The number of rotatable bonds is 3. The number of hydrogen-bond acceptors (Lipinski definition) is 2. The van der Waals surface area contributed by atoms with Gasteiger partial charge in [-0.3, -0.25) is 4.79 Å². The second-order valence-electron chi connectivity index (χ2n) is 4.90. The van der Waals surface area contributed by atoms with Crippen LogP contribution in [0.25, 0.3) is 0 Å². The van der Waals surface area contributed by atoms with Gasteiger partial charge in [-0.25, -0.2) is 8.78 Å². The molecular weight excluding hydrogens is 274 g/mol. The topological polar surface area (TPSA) is 32.3 Å². The molecule has 0 fully saturated rings. The van der Waals surface area contributed by atoms with Gasteiger partial charge in [0.25, 0.3) is 0 Å². The lowest BCUT2D eigenvalue weighted by molar-refractivity contribution is -0.116. The number of para-hydroxylation sites is 1. The van der Waals surface area contributed by atoms with Crippen LogP contribution < -0.4 is 10.2 Å². The molecule has 1 amide bonds. The van der Waals surface area contributed by atoms with Gasteiger partial charge in [-0.1, -0.05) is 18.2 Å². The van der Waals surface area contributed by atoms with Gasteiger partial charge in [0, 0.05) is 18.3 Å². The highest BCUT2D eigenvalue weighted by molar-refractivity contribution is 5.98. The molecule has 0 aliphatic carbocycles. The molecule has 0 saturated heterocycles. The minimum atomic E-state index is -0.704. The molecule has 0 aromatic heterocycles.